The van der Waals surface area contributed by atoms with Crippen LogP contribution in [0.5, 0.6) is 0 Å². The van der Waals surface area contributed by atoms with Gasteiger partial charge in [-0.15, -0.1) is 0 Å². The minimum atomic E-state index is -3.01. The molecule has 3 atom stereocenters. The average molecular weight is 1330 g/mol. The Morgan fingerprint density at radius 3 is 0.721 bits per heavy atom. The highest BCUT2D eigenvalue weighted by Gasteiger charge is 2.34. The molecule has 0 aromatic rings. The van der Waals surface area contributed by atoms with E-state index in [4.69, 9.17) is 0 Å². The van der Waals surface area contributed by atoms with Crippen molar-refractivity contribution in [2.45, 2.75) is 307 Å². The quantitative estimate of drug-likeness (QED) is 0.0474. The molecule has 0 aliphatic heterocycles. The molecule has 0 heterocycles. The number of hydrogen-bond acceptors (Lipinski definition) is 11. The number of rotatable bonds is 23. The molecule has 0 bridgehead atoms. The van der Waals surface area contributed by atoms with Gasteiger partial charge in [-0.1, -0.05) is 111 Å². The zero-order valence-corrected chi connectivity index (χ0v) is 63.3. The first-order valence-electron chi connectivity index (χ1n) is 33.3. The predicted octanol–water partition coefficient (Wildman–Crippen LogP) is 12.7. The van der Waals surface area contributed by atoms with E-state index in [-0.39, 0.29) is 24.2 Å². The van der Waals surface area contributed by atoms with Crippen molar-refractivity contribution in [3.63, 3.8) is 0 Å². The third-order valence-corrected chi connectivity index (χ3v) is 22.2. The molecular weight excluding hydrogens is 1190 g/mol. The van der Waals surface area contributed by atoms with Crippen molar-refractivity contribution in [2.75, 3.05) is 31.3 Å². The fraction of sp³-hybridized carbons (Fsp3) is 0.985. The Labute approximate surface area is 533 Å². The first kappa shape index (κ1) is 87.6. The second kappa shape index (κ2) is 41.3. The highest BCUT2D eigenvalue weighted by atomic mass is 32.2. The van der Waals surface area contributed by atoms with Crippen molar-refractivity contribution >= 4 is 55.7 Å². The Hall–Kier alpha value is -0.460. The highest BCUT2D eigenvalue weighted by Crippen LogP contribution is 2.36. The van der Waals surface area contributed by atoms with Crippen molar-refractivity contribution < 1.29 is 48.1 Å². The summed E-state index contributed by atoms with van der Waals surface area (Å²) >= 11 is 0. The molecule has 5 fully saturated rings. The van der Waals surface area contributed by atoms with Gasteiger partial charge in [0.2, 0.25) is 40.1 Å². The molecule has 0 aromatic carbocycles. The standard InChI is InChI=1S/3C10H21NO2S.C9H19NOS.2C9H20O.C8H17NO2S/c3*1-8(2)9-4-6-10(7-5-9)11-14(3,12)13;1-7(2)8-5-9(6-8)10-12(3,4)11;2*1-5-9(4,10)7-6-8(2)3;1-6(2)7-4-8(5-7)9-12(3,10)11/h3*8-11H,4-7H2,1-3H3;7-9H,3,5-6H2,1-2,4H3,(H,10,11);2*8,10H,5-7H2,1-4H3;6-9H,4-5H2,1-3H3/t;;;;2*9-;/m....10./s1. The van der Waals surface area contributed by atoms with Crippen LogP contribution in [0, 0.1) is 71.0 Å². The van der Waals surface area contributed by atoms with Crippen LogP contribution in [0.1, 0.15) is 266 Å². The third-order valence-electron chi connectivity index (χ3n) is 18.4. The molecule has 0 amide bonds. The topological polar surface area (TPSA) is 254 Å². The summed E-state index contributed by atoms with van der Waals surface area (Å²) in [5.74, 6) is 12.5. The largest absolute Gasteiger partial charge is 0.390 e. The van der Waals surface area contributed by atoms with Gasteiger partial charge in [-0.25, -0.2) is 57.3 Å². The normalized spacial score (nSPS) is 27.4. The molecule has 7 N–H and O–H groups in total. The van der Waals surface area contributed by atoms with Crippen LogP contribution in [0.2, 0.25) is 0 Å². The minimum Gasteiger partial charge on any atom is -0.390 e. The Morgan fingerprint density at radius 1 is 0.360 bits per heavy atom. The second-order valence-corrected chi connectivity index (χ2v) is 39.5. The molecule has 16 nitrogen and oxygen atoms in total. The van der Waals surface area contributed by atoms with Gasteiger partial charge >= 0.3 is 0 Å². The smallest absolute Gasteiger partial charge is 0.208 e. The van der Waals surface area contributed by atoms with Crippen molar-refractivity contribution in [3.8, 4) is 0 Å². The van der Waals surface area contributed by atoms with Crippen molar-refractivity contribution in [1.29, 1.82) is 0 Å². The van der Waals surface area contributed by atoms with Crippen LogP contribution in [0.25, 0.3) is 0 Å². The van der Waals surface area contributed by atoms with Gasteiger partial charge in [0.05, 0.1) is 36.2 Å². The van der Waals surface area contributed by atoms with Crippen LogP contribution in [0.3, 0.4) is 0 Å². The summed E-state index contributed by atoms with van der Waals surface area (Å²) in [6.45, 7) is 38.9. The molecule has 0 radical (unpaired) electrons. The molecule has 5 rings (SSSR count). The van der Waals surface area contributed by atoms with Gasteiger partial charge in [0.25, 0.3) is 0 Å². The summed E-state index contributed by atoms with van der Waals surface area (Å²) in [4.78, 5) is 0. The Balaban J connectivity index is 0. The van der Waals surface area contributed by atoms with Gasteiger partial charge in [0.15, 0.2) is 0 Å². The van der Waals surface area contributed by atoms with Crippen LogP contribution >= 0.6 is 0 Å². The minimum absolute atomic E-state index is 0.181. The molecule has 5 aliphatic carbocycles. The first-order chi connectivity index (χ1) is 38.9. The Kier molecular flexibility index (Phi) is 42.1. The number of hydrogen-bond donors (Lipinski definition) is 7. The Morgan fingerprint density at radius 2 is 0.558 bits per heavy atom. The van der Waals surface area contributed by atoms with E-state index < -0.39 is 61.0 Å². The van der Waals surface area contributed by atoms with Gasteiger partial charge in [0, 0.05) is 46.2 Å². The molecule has 5 aliphatic rings. The van der Waals surface area contributed by atoms with Crippen LogP contribution in [-0.2, 0) is 49.8 Å². The lowest BCUT2D eigenvalue weighted by Crippen LogP contribution is -2.45. The maximum absolute atomic E-state index is 11.2. The highest BCUT2D eigenvalue weighted by molar-refractivity contribution is 7.97. The molecule has 0 saturated heterocycles. The predicted molar refractivity (Wildman–Crippen MR) is 371 cm³/mol. The van der Waals surface area contributed by atoms with Crippen LogP contribution in [0.15, 0.2) is 0 Å². The van der Waals surface area contributed by atoms with E-state index in [2.05, 4.69) is 126 Å². The average Bonchev–Trinajstić information content (AvgIpc) is 3.53. The second-order valence-electron chi connectivity index (χ2n) is 30.2. The van der Waals surface area contributed by atoms with Gasteiger partial charge in [-0.05, 0) is 232 Å². The fourth-order valence-electron chi connectivity index (χ4n) is 11.4. The van der Waals surface area contributed by atoms with Crippen LogP contribution < -0.4 is 23.6 Å². The summed E-state index contributed by atoms with van der Waals surface area (Å²) < 4.78 is 113. The maximum Gasteiger partial charge on any atom is 0.208 e. The molecule has 5 saturated carbocycles. The lowest BCUT2D eigenvalue weighted by Gasteiger charge is -2.38. The van der Waals surface area contributed by atoms with Gasteiger partial charge in [0.1, 0.15) is 0 Å². The monoisotopic (exact) mass is 1330 g/mol. The van der Waals surface area contributed by atoms with Gasteiger partial charge in [-0.2, -0.15) is 0 Å². The van der Waals surface area contributed by atoms with E-state index in [0.29, 0.717) is 29.7 Å². The summed E-state index contributed by atoms with van der Waals surface area (Å²) in [5.41, 5.74) is -0.853. The first-order valence-corrected chi connectivity index (χ1v) is 43.0. The van der Waals surface area contributed by atoms with E-state index >= 15 is 0 Å². The summed E-state index contributed by atoms with van der Waals surface area (Å²) in [6, 6.07) is 1.19. The van der Waals surface area contributed by atoms with Gasteiger partial charge in [-0.3, -0.25) is 4.21 Å². The molecule has 0 aromatic heterocycles. The van der Waals surface area contributed by atoms with Gasteiger partial charge < -0.3 is 10.2 Å². The summed E-state index contributed by atoms with van der Waals surface area (Å²) in [6.07, 6.45) is 29.7. The van der Waals surface area contributed by atoms with E-state index in [1.54, 1.807) is 6.26 Å². The number of sulfonamides is 4. The van der Waals surface area contributed by atoms with Crippen molar-refractivity contribution in [1.82, 2.24) is 23.6 Å². The van der Waals surface area contributed by atoms with E-state index in [9.17, 15) is 48.1 Å². The van der Waals surface area contributed by atoms with E-state index in [1.165, 1.54) is 25.0 Å². The lowest BCUT2D eigenvalue weighted by molar-refractivity contribution is 0.0411. The van der Waals surface area contributed by atoms with Crippen LogP contribution in [0.4, 0.5) is 0 Å². The Bertz CT molecular complexity index is 2130. The summed E-state index contributed by atoms with van der Waals surface area (Å²) in [7, 11) is -14.0. The molecule has 21 heteroatoms. The van der Waals surface area contributed by atoms with Crippen molar-refractivity contribution in [2.24, 2.45) is 71.0 Å². The van der Waals surface area contributed by atoms with E-state index in [1.807, 2.05) is 27.7 Å². The number of aliphatic hydroxyl groups is 2. The number of nitrogens with one attached hydrogen (secondary N) is 5. The third kappa shape index (κ3) is 48.3. The SMILES string of the molecule is C=S(C)(=O)NC1CC(C(C)C)C1.CC(C)C1CC(NS(C)(=O)=O)C1.CC(C)C1CCC(NS(C)(=O)=O)CC1.CC(C)C1CCC(NS(C)(=O)=O)CC1.CC(C)C1CCC(NS(C)(=O)=O)CC1.CC[C@@](C)(O)CCC(C)C.CC[C@](C)(O)CCC(C)C. The van der Waals surface area contributed by atoms with E-state index in [0.717, 1.165) is 189 Å². The zero-order valence-electron chi connectivity index (χ0n) is 59.2. The molecule has 86 heavy (non-hydrogen) atoms. The lowest BCUT2D eigenvalue weighted by atomic mass is 9.74. The summed E-state index contributed by atoms with van der Waals surface area (Å²) in [5, 5.41) is 19.1. The fourth-order valence-corrected chi connectivity index (χ4v) is 15.7. The molecule has 0 spiro atoms. The molecule has 1 unspecified atom stereocenters. The zero-order chi connectivity index (χ0) is 67.4. The van der Waals surface area contributed by atoms with Crippen LogP contribution in [-0.4, -0.2) is 127 Å². The molecule has 520 valence electrons. The van der Waals surface area contributed by atoms with Crippen molar-refractivity contribution in [3.05, 3.63) is 0 Å². The molecular formula is C65H139N5O11S5. The maximum atomic E-state index is 11.2.